The lowest BCUT2D eigenvalue weighted by molar-refractivity contribution is 0.174. The van der Waals surface area contributed by atoms with Gasteiger partial charge < -0.3 is 24.3 Å². The van der Waals surface area contributed by atoms with Gasteiger partial charge in [0.15, 0.2) is 23.0 Å². The van der Waals surface area contributed by atoms with Gasteiger partial charge in [0.25, 0.3) is 0 Å². The minimum atomic E-state index is -0.252. The molecule has 0 radical (unpaired) electrons. The monoisotopic (exact) mass is 375 g/mol. The molecule has 138 valence electrons. The van der Waals surface area contributed by atoms with Crippen LogP contribution in [0.2, 0.25) is 5.02 Å². The van der Waals surface area contributed by atoms with E-state index in [-0.39, 0.29) is 12.3 Å². The summed E-state index contributed by atoms with van der Waals surface area (Å²) in [5, 5.41) is 4.17. The van der Waals surface area contributed by atoms with E-state index in [4.69, 9.17) is 30.5 Å². The first-order valence-corrected chi connectivity index (χ1v) is 9.14. The molecule has 0 spiro atoms. The number of hydrogen-bond donors (Lipinski definition) is 1. The third-order valence-corrected chi connectivity index (χ3v) is 4.97. The van der Waals surface area contributed by atoms with Gasteiger partial charge in [-0.25, -0.2) is 0 Å². The summed E-state index contributed by atoms with van der Waals surface area (Å²) in [4.78, 5) is 0. The molecule has 2 heterocycles. The molecule has 0 aliphatic carbocycles. The number of ether oxygens (including phenoxy) is 4. The number of benzene rings is 2. The smallest absolute Gasteiger partial charge is 0.231 e. The molecule has 0 fully saturated rings. The third kappa shape index (κ3) is 3.41. The van der Waals surface area contributed by atoms with Crippen LogP contribution in [0.5, 0.6) is 23.0 Å². The minimum absolute atomic E-state index is 0.252. The van der Waals surface area contributed by atoms with Crippen LogP contribution in [0.4, 0.5) is 0 Å². The Labute approximate surface area is 158 Å². The Morgan fingerprint density at radius 1 is 0.962 bits per heavy atom. The van der Waals surface area contributed by atoms with Gasteiger partial charge in [0.05, 0.1) is 18.2 Å². The molecule has 2 aromatic rings. The van der Waals surface area contributed by atoms with Gasteiger partial charge in [0.2, 0.25) is 6.79 Å². The highest BCUT2D eigenvalue weighted by atomic mass is 35.5. The topological polar surface area (TPSA) is 49.0 Å². The molecule has 0 unspecified atom stereocenters. The molecule has 0 saturated heterocycles. The number of hydrogen-bond acceptors (Lipinski definition) is 5. The normalized spacial score (nSPS) is 15.7. The van der Waals surface area contributed by atoms with Crippen LogP contribution in [0.3, 0.4) is 0 Å². The van der Waals surface area contributed by atoms with Crippen molar-refractivity contribution in [2.75, 3.05) is 20.0 Å². The zero-order valence-electron chi connectivity index (χ0n) is 14.9. The predicted molar refractivity (Wildman–Crippen MR) is 99.5 cm³/mol. The van der Waals surface area contributed by atoms with Crippen molar-refractivity contribution < 1.29 is 18.9 Å². The molecule has 0 bridgehead atoms. The van der Waals surface area contributed by atoms with Crippen LogP contribution in [-0.4, -0.2) is 20.0 Å². The Balaban J connectivity index is 1.51. The molecule has 6 heteroatoms. The van der Waals surface area contributed by atoms with Crippen LogP contribution in [-0.2, 0) is 12.1 Å². The van der Waals surface area contributed by atoms with E-state index in [0.29, 0.717) is 36.3 Å². The zero-order chi connectivity index (χ0) is 18.1. The molecule has 2 aromatic carbocycles. The fourth-order valence-electron chi connectivity index (χ4n) is 3.10. The van der Waals surface area contributed by atoms with E-state index >= 15 is 0 Å². The van der Waals surface area contributed by atoms with Gasteiger partial charge in [-0.2, -0.15) is 0 Å². The number of rotatable bonds is 4. The van der Waals surface area contributed by atoms with Gasteiger partial charge in [-0.3, -0.25) is 0 Å². The van der Waals surface area contributed by atoms with Crippen molar-refractivity contribution in [3.8, 4) is 23.0 Å². The fraction of sp³-hybridized carbons (Fsp3) is 0.400. The van der Waals surface area contributed by atoms with Crippen LogP contribution >= 0.6 is 11.6 Å². The second-order valence-electron chi connectivity index (χ2n) is 7.00. The summed E-state index contributed by atoms with van der Waals surface area (Å²) < 4.78 is 22.3. The average Bonchev–Trinajstić information content (AvgIpc) is 2.96. The van der Waals surface area contributed by atoms with Gasteiger partial charge in [0.1, 0.15) is 0 Å². The van der Waals surface area contributed by atoms with Gasteiger partial charge in [-0.1, -0.05) is 17.7 Å². The lowest BCUT2D eigenvalue weighted by Crippen LogP contribution is -2.35. The van der Waals surface area contributed by atoms with Gasteiger partial charge >= 0.3 is 0 Å². The maximum Gasteiger partial charge on any atom is 0.231 e. The van der Waals surface area contributed by atoms with Crippen molar-refractivity contribution in [2.45, 2.75) is 32.4 Å². The number of fused-ring (bicyclic) bond motifs is 2. The largest absolute Gasteiger partial charge is 0.489 e. The summed E-state index contributed by atoms with van der Waals surface area (Å²) in [5.41, 5.74) is 1.92. The van der Waals surface area contributed by atoms with E-state index < -0.39 is 0 Å². The van der Waals surface area contributed by atoms with Crippen LogP contribution < -0.4 is 24.3 Å². The van der Waals surface area contributed by atoms with Crippen LogP contribution in [0, 0.1) is 0 Å². The lowest BCUT2D eigenvalue weighted by atomic mass is 9.93. The van der Waals surface area contributed by atoms with Crippen LogP contribution in [0.15, 0.2) is 30.3 Å². The van der Waals surface area contributed by atoms with Gasteiger partial charge in [-0.05, 0) is 49.2 Å². The van der Waals surface area contributed by atoms with Crippen LogP contribution in [0.1, 0.15) is 31.4 Å². The highest BCUT2D eigenvalue weighted by molar-refractivity contribution is 6.32. The maximum atomic E-state index is 6.39. The van der Waals surface area contributed by atoms with E-state index in [9.17, 15) is 0 Å². The van der Waals surface area contributed by atoms with Crippen molar-refractivity contribution >= 4 is 11.6 Å². The highest BCUT2D eigenvalue weighted by Crippen LogP contribution is 2.39. The first-order valence-electron chi connectivity index (χ1n) is 8.76. The summed E-state index contributed by atoms with van der Waals surface area (Å²) in [6.45, 7) is 6.47. The molecule has 0 atom stereocenters. The summed E-state index contributed by atoms with van der Waals surface area (Å²) in [5.74, 6) is 2.94. The molecule has 2 aliphatic heterocycles. The maximum absolute atomic E-state index is 6.39. The van der Waals surface area contributed by atoms with Crippen LogP contribution in [0.25, 0.3) is 0 Å². The van der Waals surface area contributed by atoms with Crippen molar-refractivity contribution in [3.63, 3.8) is 0 Å². The molecular formula is C20H22ClNO4. The first kappa shape index (κ1) is 17.3. The Morgan fingerprint density at radius 2 is 1.77 bits per heavy atom. The Bertz CT molecular complexity index is 822. The van der Waals surface area contributed by atoms with E-state index in [0.717, 1.165) is 29.0 Å². The van der Waals surface area contributed by atoms with Gasteiger partial charge in [0, 0.05) is 18.5 Å². The Hall–Kier alpha value is -2.11. The molecular weight excluding hydrogens is 354 g/mol. The van der Waals surface area contributed by atoms with Gasteiger partial charge in [-0.15, -0.1) is 0 Å². The predicted octanol–water partition coefficient (Wildman–Crippen LogP) is 4.25. The van der Waals surface area contributed by atoms with E-state index in [2.05, 4.69) is 25.2 Å². The second-order valence-corrected chi connectivity index (χ2v) is 7.41. The Morgan fingerprint density at radius 3 is 2.65 bits per heavy atom. The summed E-state index contributed by atoms with van der Waals surface area (Å²) in [6.07, 6.45) is 0.857. The first-order chi connectivity index (χ1) is 12.5. The standard InChI is InChI=1S/C20H22ClNO4/c1-20(2,14-4-5-16-17(10-14)26-12-25-16)22-11-13-8-15(21)19-18(9-13)23-6-3-7-24-19/h4-5,8-10,22H,3,6-7,11-12H2,1-2H3. The minimum Gasteiger partial charge on any atom is -0.489 e. The molecule has 2 aliphatic rings. The quantitative estimate of drug-likeness (QED) is 0.865. The fourth-order valence-corrected chi connectivity index (χ4v) is 3.38. The second kappa shape index (κ2) is 6.89. The molecule has 26 heavy (non-hydrogen) atoms. The summed E-state index contributed by atoms with van der Waals surface area (Å²) in [7, 11) is 0. The van der Waals surface area contributed by atoms with Crippen molar-refractivity contribution in [2.24, 2.45) is 0 Å². The van der Waals surface area contributed by atoms with Crippen molar-refractivity contribution in [1.29, 1.82) is 0 Å². The lowest BCUT2D eigenvalue weighted by Gasteiger charge is -2.27. The average molecular weight is 376 g/mol. The van der Waals surface area contributed by atoms with E-state index in [1.165, 1.54) is 0 Å². The van der Waals surface area contributed by atoms with E-state index in [1.54, 1.807) is 0 Å². The molecule has 0 saturated carbocycles. The molecule has 4 rings (SSSR count). The molecule has 1 N–H and O–H groups in total. The highest BCUT2D eigenvalue weighted by Gasteiger charge is 2.24. The van der Waals surface area contributed by atoms with E-state index in [1.807, 2.05) is 24.3 Å². The molecule has 5 nitrogen and oxygen atoms in total. The van der Waals surface area contributed by atoms with Crippen molar-refractivity contribution in [3.05, 3.63) is 46.5 Å². The number of halogens is 1. The van der Waals surface area contributed by atoms with Crippen molar-refractivity contribution in [1.82, 2.24) is 5.32 Å². The summed E-state index contributed by atoms with van der Waals surface area (Å²) >= 11 is 6.39. The molecule has 0 aromatic heterocycles. The SMILES string of the molecule is CC(C)(NCc1cc(Cl)c2c(c1)OCCCO2)c1ccc2c(c1)OCO2. The Kier molecular flexibility index (Phi) is 4.59. The number of nitrogens with one attached hydrogen (secondary N) is 1. The third-order valence-electron chi connectivity index (χ3n) is 4.69. The zero-order valence-corrected chi connectivity index (χ0v) is 15.7. The summed E-state index contributed by atoms with van der Waals surface area (Å²) in [6, 6.07) is 9.95. The molecule has 0 amide bonds.